The Morgan fingerprint density at radius 3 is 3.04 bits per heavy atom. The summed E-state index contributed by atoms with van der Waals surface area (Å²) in [6, 6.07) is 11.6. The summed E-state index contributed by atoms with van der Waals surface area (Å²) in [5.74, 6) is -0.125. The van der Waals surface area contributed by atoms with E-state index in [-0.39, 0.29) is 12.2 Å². The lowest BCUT2D eigenvalue weighted by Gasteiger charge is -2.12. The van der Waals surface area contributed by atoms with Gasteiger partial charge in [-0.25, -0.2) is 4.39 Å². The van der Waals surface area contributed by atoms with E-state index in [0.29, 0.717) is 23.7 Å². The number of fused-ring (bicyclic) bond motifs is 1. The second kappa shape index (κ2) is 7.29. The number of benzene rings is 1. The number of aromatic amines is 1. The van der Waals surface area contributed by atoms with E-state index in [9.17, 15) is 9.18 Å². The van der Waals surface area contributed by atoms with Crippen molar-refractivity contribution in [3.8, 4) is 6.07 Å². The van der Waals surface area contributed by atoms with Gasteiger partial charge >= 0.3 is 0 Å². The molecule has 0 amide bonds. The second-order valence-corrected chi connectivity index (χ2v) is 7.02. The molecule has 1 aliphatic heterocycles. The van der Waals surface area contributed by atoms with Crippen LogP contribution >= 0.6 is 0 Å². The van der Waals surface area contributed by atoms with Crippen LogP contribution in [0.15, 0.2) is 42.7 Å². The molecule has 1 saturated heterocycles. The molecule has 5 nitrogen and oxygen atoms in total. The molecule has 27 heavy (non-hydrogen) atoms. The molecule has 0 bridgehead atoms. The second-order valence-electron chi connectivity index (χ2n) is 7.02. The first kappa shape index (κ1) is 17.4. The fourth-order valence-electron chi connectivity index (χ4n) is 3.74. The van der Waals surface area contributed by atoms with Crippen molar-refractivity contribution >= 4 is 16.7 Å². The van der Waals surface area contributed by atoms with Crippen LogP contribution in [0.5, 0.6) is 0 Å². The topological polar surface area (TPSA) is 72.8 Å². The minimum absolute atomic E-state index is 0.0961. The number of likely N-dealkylation sites (tertiary alicyclic amines) is 1. The van der Waals surface area contributed by atoms with Crippen LogP contribution in [0.4, 0.5) is 4.39 Å². The number of carbonyl (C=O) groups excluding carboxylic acids is 1. The van der Waals surface area contributed by atoms with E-state index in [4.69, 9.17) is 5.26 Å². The molecule has 3 aromatic rings. The number of nitrogens with zero attached hydrogens (tertiary/aromatic N) is 3. The Hall–Kier alpha value is -3.04. The highest BCUT2D eigenvalue weighted by Gasteiger charge is 2.24. The molecule has 0 radical (unpaired) electrons. The summed E-state index contributed by atoms with van der Waals surface area (Å²) in [6.45, 7) is 2.30. The van der Waals surface area contributed by atoms with E-state index in [1.54, 1.807) is 0 Å². The van der Waals surface area contributed by atoms with Gasteiger partial charge in [0.15, 0.2) is 5.78 Å². The SMILES string of the molecule is N#CCN1CCC(c2ccc3[nH]c(C(=O)Cc4cncc(F)c4)cc3c2)C1. The molecule has 6 heteroatoms. The minimum Gasteiger partial charge on any atom is -0.352 e. The van der Waals surface area contributed by atoms with Crippen molar-refractivity contribution in [2.24, 2.45) is 0 Å². The summed E-state index contributed by atoms with van der Waals surface area (Å²) in [6.07, 6.45) is 3.78. The number of hydrogen-bond acceptors (Lipinski definition) is 4. The number of rotatable bonds is 5. The van der Waals surface area contributed by atoms with Gasteiger partial charge in [0, 0.05) is 30.1 Å². The molecule has 1 unspecified atom stereocenters. The number of nitrogens with one attached hydrogen (secondary N) is 1. The Balaban J connectivity index is 1.52. The predicted octanol–water partition coefficient (Wildman–Crippen LogP) is 3.44. The summed E-state index contributed by atoms with van der Waals surface area (Å²) in [5.41, 5.74) is 3.22. The lowest BCUT2D eigenvalue weighted by Crippen LogP contribution is -2.20. The largest absolute Gasteiger partial charge is 0.352 e. The molecule has 2 aromatic heterocycles. The van der Waals surface area contributed by atoms with E-state index in [0.717, 1.165) is 36.6 Å². The summed E-state index contributed by atoms with van der Waals surface area (Å²) in [5, 5.41) is 9.84. The number of ketones is 1. The zero-order chi connectivity index (χ0) is 18.8. The molecular formula is C21H19FN4O. The van der Waals surface area contributed by atoms with Crippen molar-refractivity contribution in [1.29, 1.82) is 5.26 Å². The van der Waals surface area contributed by atoms with Crippen molar-refractivity contribution in [3.63, 3.8) is 0 Å². The highest BCUT2D eigenvalue weighted by molar-refractivity contribution is 6.00. The first-order chi connectivity index (χ1) is 13.1. The molecule has 0 aliphatic carbocycles. The molecule has 1 N–H and O–H groups in total. The lowest BCUT2D eigenvalue weighted by atomic mass is 9.97. The van der Waals surface area contributed by atoms with Crippen molar-refractivity contribution in [1.82, 2.24) is 14.9 Å². The number of carbonyl (C=O) groups is 1. The van der Waals surface area contributed by atoms with E-state index in [1.165, 1.54) is 17.8 Å². The minimum atomic E-state index is -0.441. The zero-order valence-corrected chi connectivity index (χ0v) is 14.8. The van der Waals surface area contributed by atoms with E-state index >= 15 is 0 Å². The van der Waals surface area contributed by atoms with Gasteiger partial charge in [-0.3, -0.25) is 14.7 Å². The number of hydrogen-bond donors (Lipinski definition) is 1. The molecule has 1 aliphatic rings. The third kappa shape index (κ3) is 3.74. The average Bonchev–Trinajstić information content (AvgIpc) is 3.28. The van der Waals surface area contributed by atoms with Gasteiger partial charge in [-0.15, -0.1) is 0 Å². The Morgan fingerprint density at radius 2 is 2.22 bits per heavy atom. The van der Waals surface area contributed by atoms with Crippen LogP contribution in [0.1, 0.15) is 34.0 Å². The Labute approximate surface area is 156 Å². The highest BCUT2D eigenvalue weighted by Crippen LogP contribution is 2.29. The number of Topliss-reactive ketones (excluding diaryl/α,β-unsaturated/α-hetero) is 1. The summed E-state index contributed by atoms with van der Waals surface area (Å²) in [7, 11) is 0. The van der Waals surface area contributed by atoms with Gasteiger partial charge in [0.25, 0.3) is 0 Å². The maximum atomic E-state index is 13.3. The van der Waals surface area contributed by atoms with E-state index in [1.807, 2.05) is 12.1 Å². The third-order valence-electron chi connectivity index (χ3n) is 5.11. The van der Waals surface area contributed by atoms with Gasteiger partial charge < -0.3 is 4.98 Å². The summed E-state index contributed by atoms with van der Waals surface area (Å²) in [4.78, 5) is 21.6. The maximum absolute atomic E-state index is 13.3. The van der Waals surface area contributed by atoms with Gasteiger partial charge in [-0.2, -0.15) is 5.26 Å². The molecule has 3 heterocycles. The van der Waals surface area contributed by atoms with E-state index < -0.39 is 5.82 Å². The van der Waals surface area contributed by atoms with Crippen LogP contribution in [0.2, 0.25) is 0 Å². The van der Waals surface area contributed by atoms with Crippen LogP contribution in [0.3, 0.4) is 0 Å². The standard InChI is InChI=1S/C21H19FN4O/c22-18-7-14(11-24-12-18)8-21(27)20-10-17-9-15(1-2-19(17)25-20)16-3-5-26(13-16)6-4-23/h1-2,7,9-12,16,25H,3,5-6,8,13H2. The summed E-state index contributed by atoms with van der Waals surface area (Å²) < 4.78 is 13.3. The molecule has 0 spiro atoms. The molecular weight excluding hydrogens is 343 g/mol. The number of aromatic nitrogens is 2. The van der Waals surface area contributed by atoms with Crippen molar-refractivity contribution < 1.29 is 9.18 Å². The molecule has 1 atom stereocenters. The van der Waals surface area contributed by atoms with Crippen LogP contribution < -0.4 is 0 Å². The molecule has 136 valence electrons. The van der Waals surface area contributed by atoms with Gasteiger partial charge in [-0.05, 0) is 54.3 Å². The summed E-state index contributed by atoms with van der Waals surface area (Å²) >= 11 is 0. The third-order valence-corrected chi connectivity index (χ3v) is 5.11. The fraction of sp³-hybridized carbons (Fsp3) is 0.286. The number of pyridine rings is 1. The Bertz CT molecular complexity index is 1040. The van der Waals surface area contributed by atoms with E-state index in [2.05, 4.69) is 33.1 Å². The number of nitriles is 1. The van der Waals surface area contributed by atoms with Crippen LogP contribution in [-0.2, 0) is 6.42 Å². The lowest BCUT2D eigenvalue weighted by molar-refractivity contribution is 0.0989. The van der Waals surface area contributed by atoms with Crippen LogP contribution in [-0.4, -0.2) is 40.3 Å². The fourth-order valence-corrected chi connectivity index (χ4v) is 3.74. The van der Waals surface area contributed by atoms with Crippen LogP contribution in [0, 0.1) is 17.1 Å². The smallest absolute Gasteiger partial charge is 0.183 e. The van der Waals surface area contributed by atoms with Crippen molar-refractivity contribution in [2.45, 2.75) is 18.8 Å². The van der Waals surface area contributed by atoms with Gasteiger partial charge in [0.2, 0.25) is 0 Å². The molecule has 4 rings (SSSR count). The average molecular weight is 362 g/mol. The maximum Gasteiger partial charge on any atom is 0.183 e. The molecule has 0 saturated carbocycles. The number of halogens is 1. The normalized spacial score (nSPS) is 17.3. The van der Waals surface area contributed by atoms with Gasteiger partial charge in [0.1, 0.15) is 5.82 Å². The van der Waals surface area contributed by atoms with Crippen molar-refractivity contribution in [3.05, 3.63) is 65.4 Å². The molecule has 1 fully saturated rings. The highest BCUT2D eigenvalue weighted by atomic mass is 19.1. The Morgan fingerprint density at radius 1 is 1.33 bits per heavy atom. The Kier molecular flexibility index (Phi) is 4.69. The quantitative estimate of drug-likeness (QED) is 0.557. The zero-order valence-electron chi connectivity index (χ0n) is 14.8. The first-order valence-corrected chi connectivity index (χ1v) is 8.97. The van der Waals surface area contributed by atoms with Gasteiger partial charge in [-0.1, -0.05) is 6.07 Å². The molecule has 1 aromatic carbocycles. The first-order valence-electron chi connectivity index (χ1n) is 8.97. The van der Waals surface area contributed by atoms with Gasteiger partial charge in [0.05, 0.1) is 24.5 Å². The predicted molar refractivity (Wildman–Crippen MR) is 99.9 cm³/mol. The van der Waals surface area contributed by atoms with Crippen molar-refractivity contribution in [2.75, 3.05) is 19.6 Å². The number of H-pyrrole nitrogens is 1. The van der Waals surface area contributed by atoms with Crippen LogP contribution in [0.25, 0.3) is 10.9 Å². The monoisotopic (exact) mass is 362 g/mol.